The summed E-state index contributed by atoms with van der Waals surface area (Å²) in [5, 5.41) is 13.5. The van der Waals surface area contributed by atoms with Gasteiger partial charge in [0.15, 0.2) is 0 Å². The second-order valence-corrected chi connectivity index (χ2v) is 19.9. The molecule has 0 aromatic carbocycles. The summed E-state index contributed by atoms with van der Waals surface area (Å²) in [6.45, 7) is 4.35. The molecule has 0 fully saturated rings. The molecule has 9 heteroatoms. The maximum atomic E-state index is 12.7. The average Bonchev–Trinajstić information content (AvgIpc) is 3.29. The number of aliphatic hydroxyl groups is 1. The number of amides is 1. The Labute approximate surface area is 412 Å². The van der Waals surface area contributed by atoms with Crippen molar-refractivity contribution in [1.29, 1.82) is 0 Å². The lowest BCUT2D eigenvalue weighted by Gasteiger charge is -2.29. The van der Waals surface area contributed by atoms with E-state index in [1.54, 1.807) is 6.08 Å². The van der Waals surface area contributed by atoms with E-state index in [0.717, 1.165) is 96.3 Å². The zero-order valence-corrected chi connectivity index (χ0v) is 44.2. The number of nitrogens with one attached hydrogen (secondary N) is 1. The molecular formula is C58H99N2O6P. The van der Waals surface area contributed by atoms with Crippen molar-refractivity contribution in [3.8, 4) is 0 Å². The maximum Gasteiger partial charge on any atom is 0.268 e. The lowest BCUT2D eigenvalue weighted by atomic mass is 10.0. The van der Waals surface area contributed by atoms with E-state index in [4.69, 9.17) is 9.05 Å². The van der Waals surface area contributed by atoms with Gasteiger partial charge in [-0.15, -0.1) is 0 Å². The molecule has 1 amide bonds. The van der Waals surface area contributed by atoms with Crippen LogP contribution in [0.5, 0.6) is 0 Å². The number of carbonyl (C=O) groups excluding carboxylic acids is 1. The smallest absolute Gasteiger partial charge is 0.268 e. The van der Waals surface area contributed by atoms with Crippen molar-refractivity contribution in [1.82, 2.24) is 5.32 Å². The van der Waals surface area contributed by atoms with Crippen molar-refractivity contribution in [3.63, 3.8) is 0 Å². The molecule has 3 atom stereocenters. The monoisotopic (exact) mass is 951 g/mol. The summed E-state index contributed by atoms with van der Waals surface area (Å²) in [6, 6.07) is -0.889. The van der Waals surface area contributed by atoms with Crippen LogP contribution in [0, 0.1) is 0 Å². The quantitative estimate of drug-likeness (QED) is 0.0272. The van der Waals surface area contributed by atoms with Crippen LogP contribution in [0.2, 0.25) is 0 Å². The number of quaternary nitrogens is 1. The van der Waals surface area contributed by atoms with Crippen molar-refractivity contribution in [3.05, 3.63) is 122 Å². The van der Waals surface area contributed by atoms with Gasteiger partial charge in [-0.1, -0.05) is 219 Å². The minimum Gasteiger partial charge on any atom is -0.756 e. The number of allylic oxidation sites excluding steroid dienone is 19. The van der Waals surface area contributed by atoms with Crippen molar-refractivity contribution in [2.75, 3.05) is 40.9 Å². The van der Waals surface area contributed by atoms with Crippen LogP contribution in [0.15, 0.2) is 122 Å². The van der Waals surface area contributed by atoms with E-state index >= 15 is 0 Å². The first-order chi connectivity index (χ1) is 32.5. The molecular weight excluding hydrogens is 852 g/mol. The van der Waals surface area contributed by atoms with Gasteiger partial charge in [-0.2, -0.15) is 0 Å². The number of phosphoric acid groups is 1. The summed E-state index contributed by atoms with van der Waals surface area (Å²) in [6.07, 6.45) is 72.1. The molecule has 3 unspecified atom stereocenters. The molecule has 8 nitrogen and oxygen atoms in total. The highest BCUT2D eigenvalue weighted by Gasteiger charge is 2.23. The van der Waals surface area contributed by atoms with Gasteiger partial charge < -0.3 is 28.8 Å². The molecule has 0 aromatic rings. The van der Waals surface area contributed by atoms with Gasteiger partial charge in [-0.3, -0.25) is 9.36 Å². The second kappa shape index (κ2) is 47.9. The normalized spacial score (nSPS) is 15.0. The molecule has 0 saturated carbocycles. The van der Waals surface area contributed by atoms with Crippen LogP contribution in [0.4, 0.5) is 0 Å². The summed E-state index contributed by atoms with van der Waals surface area (Å²) < 4.78 is 23.0. The first-order valence-electron chi connectivity index (χ1n) is 26.4. The molecule has 0 spiro atoms. The number of nitrogens with zero attached hydrogens (tertiary/aromatic N) is 1. The van der Waals surface area contributed by atoms with Gasteiger partial charge in [-0.25, -0.2) is 0 Å². The van der Waals surface area contributed by atoms with Gasteiger partial charge in [0.1, 0.15) is 13.2 Å². The maximum absolute atomic E-state index is 12.7. The number of hydrogen-bond donors (Lipinski definition) is 2. The van der Waals surface area contributed by atoms with Crippen LogP contribution < -0.4 is 10.2 Å². The molecule has 2 N–H and O–H groups in total. The molecule has 0 rings (SSSR count). The Bertz CT molecular complexity index is 1500. The molecule has 0 heterocycles. The second-order valence-electron chi connectivity index (χ2n) is 18.5. The van der Waals surface area contributed by atoms with E-state index in [9.17, 15) is 19.4 Å². The molecule has 382 valence electrons. The molecule has 67 heavy (non-hydrogen) atoms. The third-order valence-electron chi connectivity index (χ3n) is 10.9. The fourth-order valence-electron chi connectivity index (χ4n) is 6.78. The molecule has 0 bridgehead atoms. The molecule has 0 aliphatic carbocycles. The van der Waals surface area contributed by atoms with Crippen molar-refractivity contribution in [2.45, 2.75) is 199 Å². The van der Waals surface area contributed by atoms with E-state index in [1.165, 1.54) is 70.6 Å². The van der Waals surface area contributed by atoms with Crippen LogP contribution >= 0.6 is 7.82 Å². The molecule has 0 saturated heterocycles. The Morgan fingerprint density at radius 2 is 0.910 bits per heavy atom. The largest absolute Gasteiger partial charge is 0.756 e. The number of likely N-dealkylation sites (N-methyl/N-ethyl adjacent to an activating group) is 1. The Kier molecular flexibility index (Phi) is 45.7. The molecule has 0 radical (unpaired) electrons. The number of phosphoric ester groups is 1. The van der Waals surface area contributed by atoms with Gasteiger partial charge in [0.25, 0.3) is 7.82 Å². The number of carbonyl (C=O) groups is 1. The first-order valence-corrected chi connectivity index (χ1v) is 27.9. The summed E-state index contributed by atoms with van der Waals surface area (Å²) in [7, 11) is 1.24. The summed E-state index contributed by atoms with van der Waals surface area (Å²) in [4.78, 5) is 25.1. The van der Waals surface area contributed by atoms with Gasteiger partial charge in [0.2, 0.25) is 5.91 Å². The van der Waals surface area contributed by atoms with Gasteiger partial charge in [0, 0.05) is 6.42 Å². The van der Waals surface area contributed by atoms with E-state index in [1.807, 2.05) is 27.2 Å². The Morgan fingerprint density at radius 3 is 1.31 bits per heavy atom. The average molecular weight is 951 g/mol. The third-order valence-corrected chi connectivity index (χ3v) is 11.9. The van der Waals surface area contributed by atoms with Gasteiger partial charge in [-0.05, 0) is 83.5 Å². The van der Waals surface area contributed by atoms with Crippen molar-refractivity contribution >= 4 is 13.7 Å². The van der Waals surface area contributed by atoms with Gasteiger partial charge >= 0.3 is 0 Å². The predicted octanol–water partition coefficient (Wildman–Crippen LogP) is 15.2. The van der Waals surface area contributed by atoms with Crippen LogP contribution in [0.3, 0.4) is 0 Å². The zero-order valence-electron chi connectivity index (χ0n) is 43.3. The number of hydrogen-bond acceptors (Lipinski definition) is 6. The standard InChI is InChI=1S/C58H99N2O6P/c1-6-8-10-12-13-14-15-16-17-18-19-20-21-22-23-24-25-26-27-28-29-30-31-32-33-34-35-36-37-38-39-40-41-42-43-44-45-46-47-48-50-52-58(62)59-56(57(61)51-49-11-9-7-2)55-66-67(63,64)65-54-53-60(3,4)5/h8,10,13-14,16-17,19-20,22-23,25-26,28-29,31-32,34-35,49,51,56-57,61H,6-7,9,11-12,15,18,21,24,27,30,33,36-48,50,52-55H2,1-5H3,(H-,59,62,63,64)/b10-8-,14-13-,17-16-,20-19-,23-22-,26-25-,29-28-,32-31-,35-34-,51-49+. The van der Waals surface area contributed by atoms with Crippen LogP contribution in [-0.4, -0.2) is 68.5 Å². The Morgan fingerprint density at radius 1 is 0.537 bits per heavy atom. The van der Waals surface area contributed by atoms with E-state index in [-0.39, 0.29) is 19.1 Å². The minimum absolute atomic E-state index is 0.00723. The highest BCUT2D eigenvalue weighted by molar-refractivity contribution is 7.45. The lowest BCUT2D eigenvalue weighted by molar-refractivity contribution is -0.870. The zero-order chi connectivity index (χ0) is 49.2. The molecule has 0 aromatic heterocycles. The molecule has 0 aliphatic heterocycles. The fraction of sp³-hybridized carbons (Fsp3) is 0.638. The summed E-state index contributed by atoms with van der Waals surface area (Å²) in [5.41, 5.74) is 0. The molecule has 0 aliphatic rings. The summed E-state index contributed by atoms with van der Waals surface area (Å²) >= 11 is 0. The third kappa shape index (κ3) is 50.6. The predicted molar refractivity (Wildman–Crippen MR) is 288 cm³/mol. The Hall–Kier alpha value is -3.10. The van der Waals surface area contributed by atoms with E-state index < -0.39 is 20.0 Å². The highest BCUT2D eigenvalue weighted by atomic mass is 31.2. The summed E-state index contributed by atoms with van der Waals surface area (Å²) in [5.74, 6) is -0.214. The SMILES string of the molecule is CC/C=C\C/C=C\C/C=C\C/C=C\C/C=C\C/C=C\C/C=C\C/C=C\C/C=C\CCCCCCCCCCCCCCCC(=O)NC(COP(=O)([O-])OCC[N+](C)(C)C)C(O)/C=C/CCCC. The van der Waals surface area contributed by atoms with Gasteiger partial charge in [0.05, 0.1) is 39.9 Å². The topological polar surface area (TPSA) is 108 Å². The lowest BCUT2D eigenvalue weighted by Crippen LogP contribution is -2.45. The van der Waals surface area contributed by atoms with Crippen LogP contribution in [-0.2, 0) is 18.4 Å². The van der Waals surface area contributed by atoms with E-state index in [0.29, 0.717) is 17.4 Å². The Balaban J connectivity index is 3.83. The number of aliphatic hydroxyl groups excluding tert-OH is 1. The first kappa shape index (κ1) is 63.9. The highest BCUT2D eigenvalue weighted by Crippen LogP contribution is 2.38. The fourth-order valence-corrected chi connectivity index (χ4v) is 7.50. The number of rotatable bonds is 46. The minimum atomic E-state index is -4.58. The van der Waals surface area contributed by atoms with Crippen molar-refractivity contribution < 1.29 is 32.9 Å². The van der Waals surface area contributed by atoms with Crippen LogP contribution in [0.1, 0.15) is 187 Å². The van der Waals surface area contributed by atoms with Crippen molar-refractivity contribution in [2.24, 2.45) is 0 Å². The van der Waals surface area contributed by atoms with Crippen LogP contribution in [0.25, 0.3) is 0 Å². The number of unbranched alkanes of at least 4 members (excludes halogenated alkanes) is 15. The van der Waals surface area contributed by atoms with E-state index in [2.05, 4.69) is 129 Å².